The lowest BCUT2D eigenvalue weighted by molar-refractivity contribution is -0.138. The summed E-state index contributed by atoms with van der Waals surface area (Å²) in [6.45, 7) is 1.08. The van der Waals surface area contributed by atoms with E-state index in [-0.39, 0.29) is 0 Å². The Kier molecular flexibility index (Phi) is 4.22. The zero-order valence-corrected chi connectivity index (χ0v) is 9.95. The van der Waals surface area contributed by atoms with Crippen LogP contribution in [0.2, 0.25) is 0 Å². The molecule has 2 fully saturated rings. The smallest absolute Gasteiger partial charge is 0.303 e. The second-order valence-electron chi connectivity index (χ2n) is 5.38. The molecule has 92 valence electrons. The number of piperidine rings is 1. The number of carbonyl (C=O) groups is 1. The molecule has 1 heterocycles. The molecule has 0 bridgehead atoms. The van der Waals surface area contributed by atoms with E-state index in [0.717, 1.165) is 25.3 Å². The van der Waals surface area contributed by atoms with Crippen LogP contribution in [0.5, 0.6) is 0 Å². The number of hydrogen-bond acceptors (Lipinski definition) is 2. The summed E-state index contributed by atoms with van der Waals surface area (Å²) in [5.41, 5.74) is 0. The standard InChI is InChI=1S/C13H23NO2/c15-12(16)9-11-7-4-8-14-13(11)10-5-2-1-3-6-10/h10-11,13-14H,1-9H2,(H,15,16)/t11-,13-/m1/s1. The van der Waals surface area contributed by atoms with E-state index in [2.05, 4.69) is 5.32 Å². The third-order valence-electron chi connectivity index (χ3n) is 4.23. The highest BCUT2D eigenvalue weighted by atomic mass is 16.4. The van der Waals surface area contributed by atoms with E-state index in [4.69, 9.17) is 5.11 Å². The number of carboxylic acids is 1. The van der Waals surface area contributed by atoms with Crippen molar-refractivity contribution in [2.75, 3.05) is 6.54 Å². The van der Waals surface area contributed by atoms with Crippen molar-refractivity contribution in [1.29, 1.82) is 0 Å². The third-order valence-corrected chi connectivity index (χ3v) is 4.23. The van der Waals surface area contributed by atoms with E-state index < -0.39 is 5.97 Å². The first-order valence-corrected chi connectivity index (χ1v) is 6.72. The van der Waals surface area contributed by atoms with Crippen LogP contribution in [0.15, 0.2) is 0 Å². The molecule has 0 spiro atoms. The van der Waals surface area contributed by atoms with Crippen molar-refractivity contribution in [2.24, 2.45) is 11.8 Å². The number of nitrogens with one attached hydrogen (secondary N) is 1. The first-order valence-electron chi connectivity index (χ1n) is 6.72. The summed E-state index contributed by atoms with van der Waals surface area (Å²) in [7, 11) is 0. The van der Waals surface area contributed by atoms with Crippen LogP contribution in [0.3, 0.4) is 0 Å². The summed E-state index contributed by atoms with van der Waals surface area (Å²) < 4.78 is 0. The highest BCUT2D eigenvalue weighted by Crippen LogP contribution is 2.33. The van der Waals surface area contributed by atoms with Gasteiger partial charge in [0.1, 0.15) is 0 Å². The molecule has 1 aliphatic heterocycles. The molecular formula is C13H23NO2. The van der Waals surface area contributed by atoms with E-state index in [1.54, 1.807) is 0 Å². The fourth-order valence-corrected chi connectivity index (χ4v) is 3.48. The Morgan fingerprint density at radius 2 is 1.88 bits per heavy atom. The van der Waals surface area contributed by atoms with Gasteiger partial charge in [-0.1, -0.05) is 19.3 Å². The molecule has 0 amide bonds. The minimum atomic E-state index is -0.630. The van der Waals surface area contributed by atoms with E-state index in [0.29, 0.717) is 18.4 Å². The van der Waals surface area contributed by atoms with Gasteiger partial charge in [-0.25, -0.2) is 0 Å². The largest absolute Gasteiger partial charge is 0.481 e. The van der Waals surface area contributed by atoms with Gasteiger partial charge in [-0.05, 0) is 44.1 Å². The van der Waals surface area contributed by atoms with Gasteiger partial charge in [0, 0.05) is 12.5 Å². The van der Waals surface area contributed by atoms with E-state index >= 15 is 0 Å². The second kappa shape index (κ2) is 5.67. The lowest BCUT2D eigenvalue weighted by Gasteiger charge is -2.39. The van der Waals surface area contributed by atoms with Crippen molar-refractivity contribution < 1.29 is 9.90 Å². The number of aliphatic carboxylic acids is 1. The predicted molar refractivity (Wildman–Crippen MR) is 63.3 cm³/mol. The summed E-state index contributed by atoms with van der Waals surface area (Å²) in [6.07, 6.45) is 9.23. The fraction of sp³-hybridized carbons (Fsp3) is 0.923. The normalized spacial score (nSPS) is 32.5. The van der Waals surface area contributed by atoms with E-state index in [9.17, 15) is 4.79 Å². The summed E-state index contributed by atoms with van der Waals surface area (Å²) >= 11 is 0. The van der Waals surface area contributed by atoms with Gasteiger partial charge in [0.15, 0.2) is 0 Å². The summed E-state index contributed by atoms with van der Waals surface area (Å²) in [6, 6.07) is 0.477. The minimum absolute atomic E-state index is 0.355. The first kappa shape index (κ1) is 11.9. The van der Waals surface area contributed by atoms with Crippen LogP contribution in [0.1, 0.15) is 51.4 Å². The number of carboxylic acid groups (broad SMARTS) is 1. The molecule has 0 unspecified atom stereocenters. The molecule has 3 heteroatoms. The lowest BCUT2D eigenvalue weighted by Crippen LogP contribution is -2.47. The molecule has 16 heavy (non-hydrogen) atoms. The van der Waals surface area contributed by atoms with Crippen molar-refractivity contribution >= 4 is 5.97 Å². The molecule has 2 N–H and O–H groups in total. The van der Waals surface area contributed by atoms with Crippen LogP contribution in [0, 0.1) is 11.8 Å². The fourth-order valence-electron chi connectivity index (χ4n) is 3.48. The molecule has 2 atom stereocenters. The van der Waals surface area contributed by atoms with Crippen molar-refractivity contribution in [3.8, 4) is 0 Å². The highest BCUT2D eigenvalue weighted by molar-refractivity contribution is 5.67. The Hall–Kier alpha value is -0.570. The molecular weight excluding hydrogens is 202 g/mol. The van der Waals surface area contributed by atoms with E-state index in [1.807, 2.05) is 0 Å². The van der Waals surface area contributed by atoms with Crippen LogP contribution in [-0.4, -0.2) is 23.7 Å². The van der Waals surface area contributed by atoms with Gasteiger partial charge in [-0.15, -0.1) is 0 Å². The Balaban J connectivity index is 1.94. The maximum absolute atomic E-state index is 10.9. The zero-order chi connectivity index (χ0) is 11.4. The van der Waals surface area contributed by atoms with Crippen molar-refractivity contribution in [1.82, 2.24) is 5.32 Å². The Labute approximate surface area is 97.6 Å². The highest BCUT2D eigenvalue weighted by Gasteiger charge is 2.33. The van der Waals surface area contributed by atoms with Crippen LogP contribution in [-0.2, 0) is 4.79 Å². The van der Waals surface area contributed by atoms with Gasteiger partial charge in [0.05, 0.1) is 0 Å². The van der Waals surface area contributed by atoms with Crippen LogP contribution < -0.4 is 5.32 Å². The molecule has 1 aliphatic carbocycles. The van der Waals surface area contributed by atoms with Gasteiger partial charge >= 0.3 is 5.97 Å². The van der Waals surface area contributed by atoms with Gasteiger partial charge in [-0.2, -0.15) is 0 Å². The van der Waals surface area contributed by atoms with Crippen LogP contribution >= 0.6 is 0 Å². The summed E-state index contributed by atoms with van der Waals surface area (Å²) in [4.78, 5) is 10.9. The van der Waals surface area contributed by atoms with Crippen molar-refractivity contribution in [3.63, 3.8) is 0 Å². The molecule has 3 nitrogen and oxygen atoms in total. The minimum Gasteiger partial charge on any atom is -0.481 e. The zero-order valence-electron chi connectivity index (χ0n) is 9.95. The molecule has 0 aromatic rings. The SMILES string of the molecule is O=C(O)C[C@H]1CCCN[C@@H]1C1CCCCC1. The average Bonchev–Trinajstić information content (AvgIpc) is 2.30. The van der Waals surface area contributed by atoms with Gasteiger partial charge < -0.3 is 10.4 Å². The maximum atomic E-state index is 10.9. The molecule has 0 aromatic heterocycles. The van der Waals surface area contributed by atoms with Crippen molar-refractivity contribution in [3.05, 3.63) is 0 Å². The third kappa shape index (κ3) is 2.97. The van der Waals surface area contributed by atoms with Gasteiger partial charge in [0.2, 0.25) is 0 Å². The number of hydrogen-bond donors (Lipinski definition) is 2. The second-order valence-corrected chi connectivity index (χ2v) is 5.38. The van der Waals surface area contributed by atoms with Gasteiger partial charge in [-0.3, -0.25) is 4.79 Å². The first-order chi connectivity index (χ1) is 7.77. The van der Waals surface area contributed by atoms with Crippen molar-refractivity contribution in [2.45, 2.75) is 57.4 Å². The summed E-state index contributed by atoms with van der Waals surface area (Å²) in [5, 5.41) is 12.5. The summed E-state index contributed by atoms with van der Waals surface area (Å²) in [5.74, 6) is 0.474. The Bertz CT molecular complexity index is 236. The van der Waals surface area contributed by atoms with Crippen LogP contribution in [0.4, 0.5) is 0 Å². The quantitative estimate of drug-likeness (QED) is 0.775. The topological polar surface area (TPSA) is 49.3 Å². The molecule has 1 saturated carbocycles. The molecule has 2 aliphatic rings. The molecule has 2 rings (SSSR count). The lowest BCUT2D eigenvalue weighted by atomic mass is 9.75. The number of rotatable bonds is 3. The van der Waals surface area contributed by atoms with Gasteiger partial charge in [0.25, 0.3) is 0 Å². The predicted octanol–water partition coefficient (Wildman–Crippen LogP) is 2.41. The average molecular weight is 225 g/mol. The Morgan fingerprint density at radius 1 is 1.12 bits per heavy atom. The molecule has 1 saturated heterocycles. The molecule has 0 radical (unpaired) electrons. The monoisotopic (exact) mass is 225 g/mol. The maximum Gasteiger partial charge on any atom is 0.303 e. The molecule has 0 aromatic carbocycles. The van der Waals surface area contributed by atoms with E-state index in [1.165, 1.54) is 32.1 Å². The van der Waals surface area contributed by atoms with Crippen LogP contribution in [0.25, 0.3) is 0 Å². The Morgan fingerprint density at radius 3 is 2.56 bits per heavy atom.